The summed E-state index contributed by atoms with van der Waals surface area (Å²) < 4.78 is 48.2. The van der Waals surface area contributed by atoms with Crippen molar-refractivity contribution >= 4 is 6.08 Å². The molecule has 0 aliphatic heterocycles. The Morgan fingerprint density at radius 2 is 1.91 bits per heavy atom. The number of halogens is 3. The first kappa shape index (κ1) is 18.1. The van der Waals surface area contributed by atoms with Crippen molar-refractivity contribution in [3.8, 4) is 0 Å². The summed E-state index contributed by atoms with van der Waals surface area (Å²) in [7, 11) is 0. The number of nitro groups is 1. The first-order valence-electron chi connectivity index (χ1n) is 6.56. The fourth-order valence-corrected chi connectivity index (χ4v) is 1.70. The first-order chi connectivity index (χ1) is 10.3. The van der Waals surface area contributed by atoms with Crippen molar-refractivity contribution in [2.75, 3.05) is 13.2 Å². The van der Waals surface area contributed by atoms with Crippen molar-refractivity contribution in [3.63, 3.8) is 0 Å². The smallest absolute Gasteiger partial charge is 0.344 e. The third-order valence-electron chi connectivity index (χ3n) is 2.62. The van der Waals surface area contributed by atoms with E-state index in [2.05, 4.69) is 0 Å². The van der Waals surface area contributed by atoms with E-state index in [0.29, 0.717) is 0 Å². The predicted octanol–water partition coefficient (Wildman–Crippen LogP) is 3.72. The van der Waals surface area contributed by atoms with Gasteiger partial charge in [0.25, 0.3) is 6.29 Å². The second-order valence-corrected chi connectivity index (χ2v) is 4.19. The molecule has 0 spiro atoms. The Balaban J connectivity index is 3.20. The number of nitrogens with zero attached hydrogens (tertiary/aromatic N) is 1. The molecule has 0 aliphatic rings. The summed E-state index contributed by atoms with van der Waals surface area (Å²) in [5.41, 5.74) is -1.29. The Kier molecular flexibility index (Phi) is 6.51. The second-order valence-electron chi connectivity index (χ2n) is 4.19. The summed E-state index contributed by atoms with van der Waals surface area (Å²) in [5, 5.41) is 11.1. The van der Waals surface area contributed by atoms with E-state index in [4.69, 9.17) is 9.47 Å². The predicted molar refractivity (Wildman–Crippen MR) is 73.5 cm³/mol. The van der Waals surface area contributed by atoms with Crippen LogP contribution in [0, 0.1) is 10.1 Å². The van der Waals surface area contributed by atoms with Crippen LogP contribution in [0.3, 0.4) is 0 Å². The van der Waals surface area contributed by atoms with Crippen molar-refractivity contribution < 1.29 is 27.6 Å². The van der Waals surface area contributed by atoms with Crippen LogP contribution in [0.1, 0.15) is 25.0 Å². The van der Waals surface area contributed by atoms with Crippen LogP contribution in [-0.4, -0.2) is 24.4 Å². The quantitative estimate of drug-likeness (QED) is 0.436. The van der Waals surface area contributed by atoms with Crippen LogP contribution in [0.2, 0.25) is 0 Å². The van der Waals surface area contributed by atoms with Gasteiger partial charge in [0.1, 0.15) is 0 Å². The van der Waals surface area contributed by atoms with Crippen LogP contribution < -0.4 is 0 Å². The lowest BCUT2D eigenvalue weighted by Gasteiger charge is -2.14. The van der Waals surface area contributed by atoms with Gasteiger partial charge in [-0.3, -0.25) is 10.1 Å². The molecule has 22 heavy (non-hydrogen) atoms. The van der Waals surface area contributed by atoms with E-state index in [9.17, 15) is 23.3 Å². The van der Waals surface area contributed by atoms with Gasteiger partial charge in [0.05, 0.1) is 10.5 Å². The minimum atomic E-state index is -4.52. The molecule has 0 heterocycles. The van der Waals surface area contributed by atoms with Crippen LogP contribution in [0.5, 0.6) is 0 Å². The number of hydrogen-bond donors (Lipinski definition) is 0. The van der Waals surface area contributed by atoms with Gasteiger partial charge < -0.3 is 9.47 Å². The molecule has 122 valence electrons. The summed E-state index contributed by atoms with van der Waals surface area (Å²) in [6, 6.07) is 4.25. The third-order valence-corrected chi connectivity index (χ3v) is 2.62. The molecule has 0 fully saturated rings. The minimum Gasteiger partial charge on any atom is -0.344 e. The average molecular weight is 319 g/mol. The summed E-state index contributed by atoms with van der Waals surface area (Å²) in [5.74, 6) is 0. The standard InChI is InChI=1S/C14H16F3NO4/c1-3-21-13(22-4-2)12(18(19)20)9-10-6-5-7-11(8-10)14(15,16)17/h5-9,13H,3-4H2,1-2H3. The zero-order valence-corrected chi connectivity index (χ0v) is 12.1. The summed E-state index contributed by atoms with van der Waals surface area (Å²) in [4.78, 5) is 10.4. The van der Waals surface area contributed by atoms with E-state index < -0.39 is 28.7 Å². The van der Waals surface area contributed by atoms with Gasteiger partial charge in [0, 0.05) is 19.3 Å². The van der Waals surface area contributed by atoms with Gasteiger partial charge >= 0.3 is 11.9 Å². The number of benzene rings is 1. The van der Waals surface area contributed by atoms with Crippen LogP contribution in [0.25, 0.3) is 6.08 Å². The van der Waals surface area contributed by atoms with Gasteiger partial charge in [0.15, 0.2) is 0 Å². The van der Waals surface area contributed by atoms with Crippen LogP contribution in [-0.2, 0) is 15.7 Å². The Hall–Kier alpha value is -1.93. The zero-order chi connectivity index (χ0) is 16.8. The maximum absolute atomic E-state index is 12.7. The monoisotopic (exact) mass is 319 g/mol. The van der Waals surface area contributed by atoms with Gasteiger partial charge in [-0.25, -0.2) is 0 Å². The number of rotatable bonds is 7. The molecule has 5 nitrogen and oxygen atoms in total. The highest BCUT2D eigenvalue weighted by atomic mass is 19.4. The van der Waals surface area contributed by atoms with Crippen molar-refractivity contribution in [1.29, 1.82) is 0 Å². The first-order valence-corrected chi connectivity index (χ1v) is 6.56. The lowest BCUT2D eigenvalue weighted by atomic mass is 10.1. The molecule has 0 amide bonds. The molecule has 0 aromatic heterocycles. The van der Waals surface area contributed by atoms with Crippen LogP contribution >= 0.6 is 0 Å². The van der Waals surface area contributed by atoms with E-state index in [-0.39, 0.29) is 18.8 Å². The highest BCUT2D eigenvalue weighted by molar-refractivity contribution is 5.53. The number of hydrogen-bond acceptors (Lipinski definition) is 4. The molecule has 0 bridgehead atoms. The fraction of sp³-hybridized carbons (Fsp3) is 0.429. The van der Waals surface area contributed by atoms with Gasteiger partial charge in [-0.2, -0.15) is 13.2 Å². The fourth-order valence-electron chi connectivity index (χ4n) is 1.70. The van der Waals surface area contributed by atoms with Crippen molar-refractivity contribution in [2.45, 2.75) is 26.3 Å². The molecule has 1 aromatic carbocycles. The molecule has 0 aliphatic carbocycles. The van der Waals surface area contributed by atoms with Crippen LogP contribution in [0.4, 0.5) is 13.2 Å². The van der Waals surface area contributed by atoms with Crippen LogP contribution in [0.15, 0.2) is 30.0 Å². The highest BCUT2D eigenvalue weighted by Gasteiger charge is 2.31. The number of ether oxygens (including phenoxy) is 2. The Morgan fingerprint density at radius 3 is 2.36 bits per heavy atom. The van der Waals surface area contributed by atoms with E-state index in [1.807, 2.05) is 0 Å². The molecule has 0 atom stereocenters. The average Bonchev–Trinajstić information content (AvgIpc) is 2.44. The SMILES string of the molecule is CCOC(OCC)C(=Cc1cccc(C(F)(F)F)c1)[N+](=O)[O-]. The number of alkyl halides is 3. The molecule has 1 aromatic rings. The maximum Gasteiger partial charge on any atom is 0.416 e. The Bertz CT molecular complexity index is 537. The van der Waals surface area contributed by atoms with Gasteiger partial charge in [0.2, 0.25) is 0 Å². The van der Waals surface area contributed by atoms with Gasteiger partial charge in [-0.1, -0.05) is 12.1 Å². The largest absolute Gasteiger partial charge is 0.416 e. The molecule has 0 N–H and O–H groups in total. The normalized spacial score (nSPS) is 12.7. The molecular weight excluding hydrogens is 303 g/mol. The second kappa shape index (κ2) is 7.90. The summed E-state index contributed by atoms with van der Waals surface area (Å²) >= 11 is 0. The minimum absolute atomic E-state index is 0.0472. The third kappa shape index (κ3) is 5.12. The lowest BCUT2D eigenvalue weighted by Crippen LogP contribution is -2.24. The molecule has 0 saturated heterocycles. The van der Waals surface area contributed by atoms with Gasteiger partial charge in [-0.15, -0.1) is 0 Å². The summed E-state index contributed by atoms with van der Waals surface area (Å²) in [6.07, 6.45) is -4.73. The lowest BCUT2D eigenvalue weighted by molar-refractivity contribution is -0.447. The van der Waals surface area contributed by atoms with E-state index >= 15 is 0 Å². The highest BCUT2D eigenvalue weighted by Crippen LogP contribution is 2.30. The van der Waals surface area contributed by atoms with Crippen molar-refractivity contribution in [3.05, 3.63) is 51.2 Å². The molecule has 0 unspecified atom stereocenters. The molecule has 0 saturated carbocycles. The molecule has 8 heteroatoms. The Labute approximate surface area is 125 Å². The van der Waals surface area contributed by atoms with Gasteiger partial charge in [-0.05, 0) is 31.5 Å². The summed E-state index contributed by atoms with van der Waals surface area (Å²) in [6.45, 7) is 3.60. The molecule has 1 rings (SSSR count). The van der Waals surface area contributed by atoms with E-state index in [1.165, 1.54) is 12.1 Å². The molecular formula is C14H16F3NO4. The Morgan fingerprint density at radius 1 is 1.32 bits per heavy atom. The van der Waals surface area contributed by atoms with E-state index in [0.717, 1.165) is 18.2 Å². The zero-order valence-electron chi connectivity index (χ0n) is 12.1. The molecule has 0 radical (unpaired) electrons. The van der Waals surface area contributed by atoms with Crippen molar-refractivity contribution in [1.82, 2.24) is 0 Å². The topological polar surface area (TPSA) is 61.6 Å². The van der Waals surface area contributed by atoms with E-state index in [1.54, 1.807) is 13.8 Å². The maximum atomic E-state index is 12.7. The van der Waals surface area contributed by atoms with Crippen molar-refractivity contribution in [2.24, 2.45) is 0 Å².